The Bertz CT molecular complexity index is 621. The Labute approximate surface area is 174 Å². The number of hydrogen-bond acceptors (Lipinski definition) is 6. The summed E-state index contributed by atoms with van der Waals surface area (Å²) in [6.45, 7) is 7.19. The van der Waals surface area contributed by atoms with Crippen molar-refractivity contribution in [3.63, 3.8) is 0 Å². The van der Waals surface area contributed by atoms with Crippen LogP contribution in [0.3, 0.4) is 0 Å². The molecule has 3 N–H and O–H groups in total. The second-order valence-electron chi connectivity index (χ2n) is 7.08. The van der Waals surface area contributed by atoms with Crippen molar-refractivity contribution in [3.8, 4) is 17.2 Å². The highest BCUT2D eigenvalue weighted by molar-refractivity contribution is 5.79. The first-order valence-corrected chi connectivity index (χ1v) is 10.3. The maximum atomic E-state index is 9.59. The molecule has 0 spiro atoms. The summed E-state index contributed by atoms with van der Waals surface area (Å²) in [5.41, 5.74) is 0.976. The van der Waals surface area contributed by atoms with Gasteiger partial charge in [-0.25, -0.2) is 4.99 Å². The zero-order valence-corrected chi connectivity index (χ0v) is 18.2. The van der Waals surface area contributed by atoms with E-state index in [4.69, 9.17) is 14.2 Å². The van der Waals surface area contributed by atoms with Crippen LogP contribution in [0.1, 0.15) is 31.7 Å². The highest BCUT2D eigenvalue weighted by Crippen LogP contribution is 2.38. The molecule has 0 radical (unpaired) electrons. The molecule has 0 atom stereocenters. The third-order valence-electron chi connectivity index (χ3n) is 4.99. The fourth-order valence-electron chi connectivity index (χ4n) is 3.39. The van der Waals surface area contributed by atoms with Crippen LogP contribution in [0.5, 0.6) is 17.2 Å². The molecule has 8 nitrogen and oxygen atoms in total. The summed E-state index contributed by atoms with van der Waals surface area (Å²) < 4.78 is 16.2. The van der Waals surface area contributed by atoms with Gasteiger partial charge in [-0.1, -0.05) is 0 Å². The lowest BCUT2D eigenvalue weighted by Crippen LogP contribution is -2.40. The largest absolute Gasteiger partial charge is 0.493 e. The third kappa shape index (κ3) is 7.29. The minimum absolute atomic E-state index is 0.118. The average molecular weight is 409 g/mol. The fourth-order valence-corrected chi connectivity index (χ4v) is 3.39. The summed E-state index contributed by atoms with van der Waals surface area (Å²) in [7, 11) is 4.81. The number of guanidine groups is 1. The number of piperidine rings is 1. The van der Waals surface area contributed by atoms with Crippen LogP contribution in [0, 0.1) is 0 Å². The second-order valence-corrected chi connectivity index (χ2v) is 7.08. The Kier molecular flexibility index (Phi) is 9.87. The molecule has 1 aliphatic rings. The first-order chi connectivity index (χ1) is 14.1. The maximum absolute atomic E-state index is 9.59. The van der Waals surface area contributed by atoms with Crippen molar-refractivity contribution in [2.24, 2.45) is 4.99 Å². The van der Waals surface area contributed by atoms with Gasteiger partial charge in [0, 0.05) is 26.2 Å². The number of nitrogens with zero attached hydrogens (tertiary/aromatic N) is 2. The number of aliphatic hydroxyl groups excluding tert-OH is 1. The minimum atomic E-state index is -0.118. The molecule has 1 aromatic carbocycles. The first-order valence-electron chi connectivity index (χ1n) is 10.3. The second kappa shape index (κ2) is 12.4. The van der Waals surface area contributed by atoms with Crippen molar-refractivity contribution in [2.45, 2.75) is 38.8 Å². The highest BCUT2D eigenvalue weighted by atomic mass is 16.5. The highest BCUT2D eigenvalue weighted by Gasteiger charge is 2.16. The lowest BCUT2D eigenvalue weighted by atomic mass is 10.1. The zero-order chi connectivity index (χ0) is 21.1. The number of ether oxygens (including phenoxy) is 3. The van der Waals surface area contributed by atoms with E-state index in [0.29, 0.717) is 23.8 Å². The molecule has 0 aromatic heterocycles. The van der Waals surface area contributed by atoms with Crippen molar-refractivity contribution in [3.05, 3.63) is 17.7 Å². The molecule has 0 unspecified atom stereocenters. The van der Waals surface area contributed by atoms with Crippen molar-refractivity contribution in [2.75, 3.05) is 54.1 Å². The summed E-state index contributed by atoms with van der Waals surface area (Å²) in [5.74, 6) is 2.62. The first kappa shape index (κ1) is 23.1. The van der Waals surface area contributed by atoms with Crippen LogP contribution in [0.15, 0.2) is 17.1 Å². The molecule has 1 aliphatic heterocycles. The van der Waals surface area contributed by atoms with Crippen LogP contribution in [-0.4, -0.2) is 76.1 Å². The number of hydrogen-bond donors (Lipinski definition) is 3. The molecular weight excluding hydrogens is 372 g/mol. The molecule has 0 aliphatic carbocycles. The van der Waals surface area contributed by atoms with Gasteiger partial charge in [0.05, 0.1) is 34.0 Å². The molecule has 0 amide bonds. The summed E-state index contributed by atoms with van der Waals surface area (Å²) >= 11 is 0. The van der Waals surface area contributed by atoms with Crippen molar-refractivity contribution < 1.29 is 19.3 Å². The van der Waals surface area contributed by atoms with E-state index < -0.39 is 0 Å². The Morgan fingerprint density at radius 1 is 1.10 bits per heavy atom. The Balaban J connectivity index is 1.89. The molecule has 164 valence electrons. The van der Waals surface area contributed by atoms with E-state index in [2.05, 4.69) is 27.4 Å². The van der Waals surface area contributed by atoms with E-state index in [9.17, 15) is 5.11 Å². The number of benzene rings is 1. The van der Waals surface area contributed by atoms with Crippen LogP contribution < -0.4 is 24.8 Å². The number of rotatable bonds is 10. The van der Waals surface area contributed by atoms with Gasteiger partial charge in [-0.3, -0.25) is 0 Å². The van der Waals surface area contributed by atoms with Gasteiger partial charge in [-0.2, -0.15) is 0 Å². The van der Waals surface area contributed by atoms with E-state index in [-0.39, 0.29) is 6.10 Å². The quantitative estimate of drug-likeness (QED) is 0.308. The van der Waals surface area contributed by atoms with Crippen molar-refractivity contribution >= 4 is 5.96 Å². The SMILES string of the molecule is CCNC(=NCc1cc(OC)c(OC)c(OC)c1)NCCCN1CCC(O)CC1. The zero-order valence-electron chi connectivity index (χ0n) is 18.2. The van der Waals surface area contributed by atoms with Gasteiger partial charge in [0.1, 0.15) is 0 Å². The fraction of sp³-hybridized carbons (Fsp3) is 0.667. The van der Waals surface area contributed by atoms with Gasteiger partial charge in [-0.05, 0) is 50.4 Å². The van der Waals surface area contributed by atoms with E-state index in [0.717, 1.165) is 63.5 Å². The third-order valence-corrected chi connectivity index (χ3v) is 4.99. The van der Waals surface area contributed by atoms with E-state index >= 15 is 0 Å². The molecule has 0 saturated carbocycles. The minimum Gasteiger partial charge on any atom is -0.493 e. The van der Waals surface area contributed by atoms with Crippen LogP contribution in [0.4, 0.5) is 0 Å². The van der Waals surface area contributed by atoms with Crippen molar-refractivity contribution in [1.29, 1.82) is 0 Å². The van der Waals surface area contributed by atoms with Crippen LogP contribution in [-0.2, 0) is 6.54 Å². The molecule has 1 fully saturated rings. The van der Waals surface area contributed by atoms with Gasteiger partial charge in [0.25, 0.3) is 0 Å². The Morgan fingerprint density at radius 2 is 1.76 bits per heavy atom. The van der Waals surface area contributed by atoms with Gasteiger partial charge in [-0.15, -0.1) is 0 Å². The van der Waals surface area contributed by atoms with E-state index in [1.165, 1.54) is 0 Å². The van der Waals surface area contributed by atoms with Crippen LogP contribution in [0.2, 0.25) is 0 Å². The Hall–Kier alpha value is -2.19. The van der Waals surface area contributed by atoms with Gasteiger partial charge in [0.2, 0.25) is 5.75 Å². The normalized spacial score (nSPS) is 15.8. The lowest BCUT2D eigenvalue weighted by molar-refractivity contribution is 0.0823. The molecule has 1 heterocycles. The monoisotopic (exact) mass is 408 g/mol. The number of aliphatic hydroxyl groups is 1. The van der Waals surface area contributed by atoms with Gasteiger partial charge in [0.15, 0.2) is 17.5 Å². The van der Waals surface area contributed by atoms with Gasteiger partial charge >= 0.3 is 0 Å². The summed E-state index contributed by atoms with van der Waals surface area (Å²) in [6, 6.07) is 3.83. The van der Waals surface area contributed by atoms with Gasteiger partial charge < -0.3 is 34.9 Å². The molecule has 1 aromatic rings. The Morgan fingerprint density at radius 3 is 2.31 bits per heavy atom. The summed E-state index contributed by atoms with van der Waals surface area (Å²) in [4.78, 5) is 7.09. The standard InChI is InChI=1S/C21H36N4O4/c1-5-22-21(23-9-6-10-25-11-7-17(26)8-12-25)24-15-16-13-18(27-2)20(29-4)19(14-16)28-3/h13-14,17,26H,5-12,15H2,1-4H3,(H2,22,23,24). The predicted molar refractivity (Wildman–Crippen MR) is 115 cm³/mol. The molecule has 29 heavy (non-hydrogen) atoms. The van der Waals surface area contributed by atoms with E-state index in [1.807, 2.05) is 12.1 Å². The average Bonchev–Trinajstić information content (AvgIpc) is 2.75. The van der Waals surface area contributed by atoms with Crippen LogP contribution in [0.25, 0.3) is 0 Å². The number of nitrogens with one attached hydrogen (secondary N) is 2. The predicted octanol–water partition coefficient (Wildman–Crippen LogP) is 1.61. The smallest absolute Gasteiger partial charge is 0.203 e. The number of likely N-dealkylation sites (tertiary alicyclic amines) is 1. The van der Waals surface area contributed by atoms with Crippen molar-refractivity contribution in [1.82, 2.24) is 15.5 Å². The summed E-state index contributed by atoms with van der Waals surface area (Å²) in [6.07, 6.45) is 2.68. The maximum Gasteiger partial charge on any atom is 0.203 e. The molecule has 2 rings (SSSR count). The summed E-state index contributed by atoms with van der Waals surface area (Å²) in [5, 5.41) is 16.3. The molecule has 0 bridgehead atoms. The lowest BCUT2D eigenvalue weighted by Gasteiger charge is -2.29. The molecule has 1 saturated heterocycles. The topological polar surface area (TPSA) is 87.6 Å². The van der Waals surface area contributed by atoms with Crippen LogP contribution >= 0.6 is 0 Å². The molecular formula is C21H36N4O4. The number of aliphatic imine (C=N–C) groups is 1. The molecule has 8 heteroatoms. The van der Waals surface area contributed by atoms with E-state index in [1.54, 1.807) is 21.3 Å². The number of methoxy groups -OCH3 is 3.